The number of likely N-dealkylation sites (N-methyl/N-ethyl adjacent to an activating group) is 1. The van der Waals surface area contributed by atoms with Gasteiger partial charge in [0.1, 0.15) is 0 Å². The second kappa shape index (κ2) is 8.06. The van der Waals surface area contributed by atoms with Crippen LogP contribution in [0.3, 0.4) is 0 Å². The van der Waals surface area contributed by atoms with Crippen LogP contribution in [0, 0.1) is 0 Å². The minimum Gasteiger partial charge on any atom is -0.383 e. The topological polar surface area (TPSA) is 55.6 Å². The first kappa shape index (κ1) is 15.9. The summed E-state index contributed by atoms with van der Waals surface area (Å²) < 4.78 is 4.92. The Bertz CT molecular complexity index is 341. The molecule has 96 valence electrons. The number of methoxy groups -OCH3 is 1. The molecule has 0 atom stereocenters. The molecule has 0 unspecified atom stereocenters. The van der Waals surface area contributed by atoms with Crippen molar-refractivity contribution in [3.63, 3.8) is 0 Å². The molecule has 1 rings (SSSR count). The molecule has 0 bridgehead atoms. The van der Waals surface area contributed by atoms with Crippen molar-refractivity contribution in [1.82, 2.24) is 4.90 Å². The van der Waals surface area contributed by atoms with Gasteiger partial charge < -0.3 is 15.4 Å². The molecule has 0 saturated heterocycles. The van der Waals surface area contributed by atoms with E-state index in [0.29, 0.717) is 25.3 Å². The van der Waals surface area contributed by atoms with Crippen LogP contribution in [-0.2, 0) is 11.3 Å². The molecule has 0 aromatic heterocycles. The average molecular weight is 259 g/mol. The summed E-state index contributed by atoms with van der Waals surface area (Å²) in [5.74, 6) is 0.000575. The molecule has 0 aliphatic heterocycles. The second-order valence-corrected chi connectivity index (χ2v) is 3.62. The van der Waals surface area contributed by atoms with E-state index in [0.717, 1.165) is 5.56 Å². The predicted octanol–water partition coefficient (Wildman–Crippen LogP) is 1.29. The molecule has 5 heteroatoms. The summed E-state index contributed by atoms with van der Waals surface area (Å²) in [7, 11) is 3.38. The van der Waals surface area contributed by atoms with Gasteiger partial charge in [-0.25, -0.2) is 0 Å². The van der Waals surface area contributed by atoms with Gasteiger partial charge in [0.05, 0.1) is 6.61 Å². The first-order chi connectivity index (χ1) is 7.69. The lowest BCUT2D eigenvalue weighted by Crippen LogP contribution is -2.29. The lowest BCUT2D eigenvalue weighted by molar-refractivity contribution is 0.0744. The number of ether oxygens (including phenoxy) is 1. The molecular formula is C12H19ClN2O2. The number of carbonyl (C=O) groups excluding carboxylic acids is 1. The molecule has 0 spiro atoms. The minimum atomic E-state index is 0. The summed E-state index contributed by atoms with van der Waals surface area (Å²) in [6.07, 6.45) is 0. The van der Waals surface area contributed by atoms with Gasteiger partial charge in [-0.3, -0.25) is 4.79 Å². The van der Waals surface area contributed by atoms with E-state index in [4.69, 9.17) is 10.5 Å². The average Bonchev–Trinajstić information content (AvgIpc) is 2.35. The van der Waals surface area contributed by atoms with Crippen LogP contribution in [-0.4, -0.2) is 38.1 Å². The van der Waals surface area contributed by atoms with E-state index in [2.05, 4.69) is 0 Å². The Balaban J connectivity index is 0.00000256. The van der Waals surface area contributed by atoms with E-state index >= 15 is 0 Å². The van der Waals surface area contributed by atoms with Crippen molar-refractivity contribution >= 4 is 18.3 Å². The van der Waals surface area contributed by atoms with Crippen LogP contribution in [0.2, 0.25) is 0 Å². The van der Waals surface area contributed by atoms with Crippen molar-refractivity contribution in [2.24, 2.45) is 5.73 Å². The third-order valence-electron chi connectivity index (χ3n) is 2.41. The van der Waals surface area contributed by atoms with E-state index in [1.54, 1.807) is 31.2 Å². The van der Waals surface area contributed by atoms with Gasteiger partial charge in [-0.2, -0.15) is 0 Å². The predicted molar refractivity (Wildman–Crippen MR) is 70.4 cm³/mol. The zero-order valence-corrected chi connectivity index (χ0v) is 11.0. The summed E-state index contributed by atoms with van der Waals surface area (Å²) in [4.78, 5) is 13.5. The fraction of sp³-hybridized carbons (Fsp3) is 0.417. The summed E-state index contributed by atoms with van der Waals surface area (Å²) in [5.41, 5.74) is 7.19. The normalized spacial score (nSPS) is 9.59. The summed E-state index contributed by atoms with van der Waals surface area (Å²) >= 11 is 0. The molecular weight excluding hydrogens is 240 g/mol. The number of hydrogen-bond donors (Lipinski definition) is 1. The van der Waals surface area contributed by atoms with Gasteiger partial charge in [0, 0.05) is 32.8 Å². The van der Waals surface area contributed by atoms with E-state index in [1.165, 1.54) is 0 Å². The largest absolute Gasteiger partial charge is 0.383 e. The molecule has 4 nitrogen and oxygen atoms in total. The number of rotatable bonds is 5. The smallest absolute Gasteiger partial charge is 0.253 e. The van der Waals surface area contributed by atoms with Crippen LogP contribution >= 0.6 is 12.4 Å². The van der Waals surface area contributed by atoms with Crippen LogP contribution in [0.5, 0.6) is 0 Å². The SMILES string of the molecule is COCCN(C)C(=O)c1ccc(CN)cc1.Cl. The molecule has 1 aromatic carbocycles. The quantitative estimate of drug-likeness (QED) is 0.866. The van der Waals surface area contributed by atoms with Crippen molar-refractivity contribution in [3.05, 3.63) is 35.4 Å². The lowest BCUT2D eigenvalue weighted by Gasteiger charge is -2.16. The third kappa shape index (κ3) is 4.73. The number of benzene rings is 1. The summed E-state index contributed by atoms with van der Waals surface area (Å²) in [6.45, 7) is 1.63. The number of nitrogens with two attached hydrogens (primary N) is 1. The van der Waals surface area contributed by atoms with Gasteiger partial charge in [-0.1, -0.05) is 12.1 Å². The highest BCUT2D eigenvalue weighted by Gasteiger charge is 2.10. The minimum absolute atomic E-state index is 0. The molecule has 0 heterocycles. The lowest BCUT2D eigenvalue weighted by atomic mass is 10.1. The number of amides is 1. The monoisotopic (exact) mass is 258 g/mol. The zero-order chi connectivity index (χ0) is 12.0. The number of nitrogens with zero attached hydrogens (tertiary/aromatic N) is 1. The van der Waals surface area contributed by atoms with Crippen molar-refractivity contribution in [2.45, 2.75) is 6.54 Å². The second-order valence-electron chi connectivity index (χ2n) is 3.62. The van der Waals surface area contributed by atoms with Crippen molar-refractivity contribution in [1.29, 1.82) is 0 Å². The Hall–Kier alpha value is -1.10. The molecule has 0 saturated carbocycles. The third-order valence-corrected chi connectivity index (χ3v) is 2.41. The first-order valence-corrected chi connectivity index (χ1v) is 5.22. The number of carbonyl (C=O) groups is 1. The van der Waals surface area contributed by atoms with Crippen LogP contribution in [0.15, 0.2) is 24.3 Å². The molecule has 0 aliphatic rings. The van der Waals surface area contributed by atoms with Crippen LogP contribution in [0.25, 0.3) is 0 Å². The maximum Gasteiger partial charge on any atom is 0.253 e. The maximum absolute atomic E-state index is 11.9. The summed E-state index contributed by atoms with van der Waals surface area (Å²) in [6, 6.07) is 7.34. The van der Waals surface area contributed by atoms with Gasteiger partial charge in [0.15, 0.2) is 0 Å². The Kier molecular flexibility index (Phi) is 7.54. The Morgan fingerprint density at radius 2 is 1.94 bits per heavy atom. The molecule has 0 aliphatic carbocycles. The molecule has 0 fully saturated rings. The van der Waals surface area contributed by atoms with Crippen molar-refractivity contribution < 1.29 is 9.53 Å². The zero-order valence-electron chi connectivity index (χ0n) is 10.2. The van der Waals surface area contributed by atoms with Gasteiger partial charge in [-0.05, 0) is 17.7 Å². The maximum atomic E-state index is 11.9. The van der Waals surface area contributed by atoms with Gasteiger partial charge in [0.2, 0.25) is 0 Å². The van der Waals surface area contributed by atoms with Crippen molar-refractivity contribution in [2.75, 3.05) is 27.3 Å². The van der Waals surface area contributed by atoms with Crippen LogP contribution in [0.4, 0.5) is 0 Å². The molecule has 1 aromatic rings. The highest BCUT2D eigenvalue weighted by atomic mass is 35.5. The van der Waals surface area contributed by atoms with E-state index in [9.17, 15) is 4.79 Å². The van der Waals surface area contributed by atoms with Crippen LogP contribution in [0.1, 0.15) is 15.9 Å². The molecule has 1 amide bonds. The first-order valence-electron chi connectivity index (χ1n) is 5.22. The van der Waals surface area contributed by atoms with Crippen molar-refractivity contribution in [3.8, 4) is 0 Å². The fourth-order valence-electron chi connectivity index (χ4n) is 1.33. The van der Waals surface area contributed by atoms with E-state index < -0.39 is 0 Å². The number of hydrogen-bond acceptors (Lipinski definition) is 3. The van der Waals surface area contributed by atoms with Gasteiger partial charge in [0.25, 0.3) is 5.91 Å². The highest BCUT2D eigenvalue weighted by molar-refractivity contribution is 5.94. The number of halogens is 1. The standard InChI is InChI=1S/C12H18N2O2.ClH/c1-14(7-8-16-2)12(15)11-5-3-10(9-13)4-6-11;/h3-6H,7-9,13H2,1-2H3;1H. The Labute approximate surface area is 108 Å². The van der Waals surface area contributed by atoms with Gasteiger partial charge in [-0.15, -0.1) is 12.4 Å². The highest BCUT2D eigenvalue weighted by Crippen LogP contribution is 2.06. The Morgan fingerprint density at radius 1 is 1.35 bits per heavy atom. The molecule has 0 radical (unpaired) electrons. The van der Waals surface area contributed by atoms with E-state index in [-0.39, 0.29) is 18.3 Å². The summed E-state index contributed by atoms with van der Waals surface area (Å²) in [5, 5.41) is 0. The van der Waals surface area contributed by atoms with Crippen LogP contribution < -0.4 is 5.73 Å². The molecule has 17 heavy (non-hydrogen) atoms. The molecule has 2 N–H and O–H groups in total. The van der Waals surface area contributed by atoms with E-state index in [1.807, 2.05) is 12.1 Å². The Morgan fingerprint density at radius 3 is 2.41 bits per heavy atom. The van der Waals surface area contributed by atoms with Gasteiger partial charge >= 0.3 is 0 Å². The fourth-order valence-corrected chi connectivity index (χ4v) is 1.33.